The van der Waals surface area contributed by atoms with Gasteiger partial charge in [-0.1, -0.05) is 31.2 Å². The Morgan fingerprint density at radius 3 is 2.27 bits per heavy atom. The summed E-state index contributed by atoms with van der Waals surface area (Å²) in [5, 5.41) is 2.55. The number of rotatable bonds is 9. The van der Waals surface area contributed by atoms with Crippen LogP contribution in [-0.4, -0.2) is 45.2 Å². The Kier molecular flexibility index (Phi) is 7.68. The molecule has 1 N–H and O–H groups in total. The van der Waals surface area contributed by atoms with Crippen LogP contribution in [0.3, 0.4) is 0 Å². The van der Waals surface area contributed by atoms with E-state index in [1.807, 2.05) is 0 Å². The number of ether oxygens (including phenoxy) is 2. The summed E-state index contributed by atoms with van der Waals surface area (Å²) in [7, 11) is -3.04. The van der Waals surface area contributed by atoms with Crippen molar-refractivity contribution in [2.45, 2.75) is 24.6 Å². The third-order valence-corrected chi connectivity index (χ3v) is 5.75. The van der Waals surface area contributed by atoms with E-state index < -0.39 is 39.5 Å². The van der Waals surface area contributed by atoms with Gasteiger partial charge in [0, 0.05) is 6.54 Å². The lowest BCUT2D eigenvalue weighted by atomic mass is 10.3. The van der Waals surface area contributed by atoms with Gasteiger partial charge in [0.05, 0.1) is 19.3 Å². The molecule has 0 aliphatic carbocycles. The molecule has 0 saturated heterocycles. The van der Waals surface area contributed by atoms with Crippen molar-refractivity contribution < 1.29 is 35.9 Å². The van der Waals surface area contributed by atoms with Gasteiger partial charge in [-0.2, -0.15) is 4.31 Å². The van der Waals surface area contributed by atoms with Crippen molar-refractivity contribution in [1.82, 2.24) is 4.31 Å². The monoisotopic (exact) mass is 446 g/mol. The Bertz CT molecular complexity index is 980. The first-order valence-electron chi connectivity index (χ1n) is 8.86. The number of para-hydroxylation sites is 3. The van der Waals surface area contributed by atoms with Gasteiger partial charge in [-0.05, 0) is 30.7 Å². The zero-order chi connectivity index (χ0) is 22.4. The Morgan fingerprint density at radius 2 is 1.67 bits per heavy atom. The molecule has 2 aromatic carbocycles. The van der Waals surface area contributed by atoms with Crippen molar-refractivity contribution in [3.63, 3.8) is 0 Å². The van der Waals surface area contributed by atoms with Gasteiger partial charge in [0.2, 0.25) is 15.9 Å². The Labute approximate surface area is 172 Å². The number of hydrogen-bond acceptors (Lipinski definition) is 5. The molecule has 0 unspecified atom stereocenters. The second-order valence-corrected chi connectivity index (χ2v) is 7.99. The van der Waals surface area contributed by atoms with Crippen LogP contribution in [0.5, 0.6) is 11.5 Å². The van der Waals surface area contributed by atoms with Gasteiger partial charge < -0.3 is 14.8 Å². The molecule has 30 heavy (non-hydrogen) atoms. The smallest absolute Gasteiger partial charge is 0.495 e. The molecule has 7 nitrogen and oxygen atoms in total. The average molecular weight is 446 g/mol. The van der Waals surface area contributed by atoms with Crippen LogP contribution in [0.4, 0.5) is 18.9 Å². The standard InChI is InChI=1S/C19H21F3N2O5S/c1-3-12-24(13-18(25)23-14-8-4-5-9-15(14)28-2)30(26,27)17-11-7-6-10-16(17)29-19(20,21)22/h4-11H,3,12-13H2,1-2H3,(H,23,25). The Balaban J connectivity index is 2.30. The molecule has 2 aromatic rings. The van der Waals surface area contributed by atoms with Gasteiger partial charge in [-0.25, -0.2) is 8.42 Å². The van der Waals surface area contributed by atoms with Gasteiger partial charge in [-0.15, -0.1) is 13.2 Å². The van der Waals surface area contributed by atoms with Gasteiger partial charge in [0.1, 0.15) is 16.4 Å². The van der Waals surface area contributed by atoms with E-state index in [1.165, 1.54) is 19.2 Å². The number of hydrogen-bond donors (Lipinski definition) is 1. The summed E-state index contributed by atoms with van der Waals surface area (Å²) in [6, 6.07) is 10.9. The number of halogens is 3. The van der Waals surface area contributed by atoms with Crippen molar-refractivity contribution in [3.05, 3.63) is 48.5 Å². The lowest BCUT2D eigenvalue weighted by Gasteiger charge is -2.23. The minimum Gasteiger partial charge on any atom is -0.495 e. The summed E-state index contributed by atoms with van der Waals surface area (Å²) in [5.41, 5.74) is 0.333. The number of carbonyl (C=O) groups excluding carboxylic acids is 1. The summed E-state index contributed by atoms with van der Waals surface area (Å²) in [4.78, 5) is 11.8. The molecule has 0 saturated carbocycles. The van der Waals surface area contributed by atoms with Crippen LogP contribution < -0.4 is 14.8 Å². The van der Waals surface area contributed by atoms with Gasteiger partial charge in [0.25, 0.3) is 0 Å². The zero-order valence-electron chi connectivity index (χ0n) is 16.3. The molecule has 0 bridgehead atoms. The molecule has 11 heteroatoms. The maximum atomic E-state index is 13.0. The maximum absolute atomic E-state index is 13.0. The van der Waals surface area contributed by atoms with Crippen molar-refractivity contribution in [2.24, 2.45) is 0 Å². The molecule has 0 atom stereocenters. The summed E-state index contributed by atoms with van der Waals surface area (Å²) >= 11 is 0. The predicted octanol–water partition coefficient (Wildman–Crippen LogP) is 3.63. The number of sulfonamides is 1. The van der Waals surface area contributed by atoms with E-state index in [9.17, 15) is 26.4 Å². The number of nitrogens with one attached hydrogen (secondary N) is 1. The molecule has 0 fully saturated rings. The first kappa shape index (κ1) is 23.5. The van der Waals surface area contributed by atoms with E-state index in [-0.39, 0.29) is 6.54 Å². The minimum atomic E-state index is -5.07. The second kappa shape index (κ2) is 9.81. The molecule has 0 radical (unpaired) electrons. The van der Waals surface area contributed by atoms with E-state index >= 15 is 0 Å². The van der Waals surface area contributed by atoms with E-state index in [0.29, 0.717) is 17.9 Å². The van der Waals surface area contributed by atoms with Crippen LogP contribution in [0.25, 0.3) is 0 Å². The topological polar surface area (TPSA) is 84.9 Å². The summed E-state index contributed by atoms with van der Waals surface area (Å²) in [6.45, 7) is 0.995. The number of carbonyl (C=O) groups is 1. The highest BCUT2D eigenvalue weighted by Crippen LogP contribution is 2.31. The fraction of sp³-hybridized carbons (Fsp3) is 0.316. The molecule has 2 rings (SSSR count). The number of methoxy groups -OCH3 is 1. The maximum Gasteiger partial charge on any atom is 0.573 e. The second-order valence-electron chi connectivity index (χ2n) is 6.08. The highest BCUT2D eigenvalue weighted by molar-refractivity contribution is 7.89. The molecular weight excluding hydrogens is 425 g/mol. The molecular formula is C19H21F3N2O5S. The predicted molar refractivity (Wildman–Crippen MR) is 104 cm³/mol. The van der Waals surface area contributed by atoms with Gasteiger partial charge >= 0.3 is 6.36 Å². The zero-order valence-corrected chi connectivity index (χ0v) is 17.1. The third kappa shape index (κ3) is 6.10. The van der Waals surface area contributed by atoms with Gasteiger partial charge in [-0.3, -0.25) is 4.79 Å². The molecule has 0 spiro atoms. The van der Waals surface area contributed by atoms with E-state index in [4.69, 9.17) is 4.74 Å². The van der Waals surface area contributed by atoms with Crippen LogP contribution in [0.2, 0.25) is 0 Å². The fourth-order valence-corrected chi connectivity index (χ4v) is 4.25. The normalized spacial score (nSPS) is 11.9. The van der Waals surface area contributed by atoms with Crippen LogP contribution in [0, 0.1) is 0 Å². The van der Waals surface area contributed by atoms with Crippen molar-refractivity contribution in [3.8, 4) is 11.5 Å². The number of anilines is 1. The highest BCUT2D eigenvalue weighted by atomic mass is 32.2. The first-order chi connectivity index (χ1) is 14.1. The van der Waals surface area contributed by atoms with Crippen molar-refractivity contribution in [2.75, 3.05) is 25.5 Å². The minimum absolute atomic E-state index is 0.0813. The quantitative estimate of drug-likeness (QED) is 0.636. The number of benzene rings is 2. The average Bonchev–Trinajstić information content (AvgIpc) is 2.67. The first-order valence-corrected chi connectivity index (χ1v) is 10.3. The lowest BCUT2D eigenvalue weighted by Crippen LogP contribution is -2.38. The molecule has 0 aromatic heterocycles. The highest BCUT2D eigenvalue weighted by Gasteiger charge is 2.36. The van der Waals surface area contributed by atoms with E-state index in [2.05, 4.69) is 10.1 Å². The van der Waals surface area contributed by atoms with Crippen molar-refractivity contribution >= 4 is 21.6 Å². The largest absolute Gasteiger partial charge is 0.573 e. The molecule has 0 aliphatic rings. The third-order valence-electron chi connectivity index (χ3n) is 3.87. The SMILES string of the molecule is CCCN(CC(=O)Nc1ccccc1OC)S(=O)(=O)c1ccccc1OC(F)(F)F. The Morgan fingerprint density at radius 1 is 1.07 bits per heavy atom. The molecule has 1 amide bonds. The lowest BCUT2D eigenvalue weighted by molar-refractivity contribution is -0.275. The molecule has 164 valence electrons. The van der Waals surface area contributed by atoms with Crippen LogP contribution in [0.1, 0.15) is 13.3 Å². The number of nitrogens with zero attached hydrogens (tertiary/aromatic N) is 1. The summed E-state index contributed by atoms with van der Waals surface area (Å²) in [5.74, 6) is -1.17. The van der Waals surface area contributed by atoms with Crippen molar-refractivity contribution in [1.29, 1.82) is 0 Å². The molecule has 0 heterocycles. The number of amides is 1. The molecule has 0 aliphatic heterocycles. The van der Waals surface area contributed by atoms with Crippen LogP contribution in [0.15, 0.2) is 53.4 Å². The Hall–Kier alpha value is -2.79. The van der Waals surface area contributed by atoms with Gasteiger partial charge in [0.15, 0.2) is 0 Å². The van der Waals surface area contributed by atoms with E-state index in [1.54, 1.807) is 31.2 Å². The fourth-order valence-electron chi connectivity index (χ4n) is 2.64. The van der Waals surface area contributed by atoms with Crippen LogP contribution >= 0.6 is 0 Å². The van der Waals surface area contributed by atoms with E-state index in [0.717, 1.165) is 16.4 Å². The summed E-state index contributed by atoms with van der Waals surface area (Å²) in [6.07, 6.45) is -4.73. The number of alkyl halides is 3. The van der Waals surface area contributed by atoms with Crippen LogP contribution in [-0.2, 0) is 14.8 Å². The summed E-state index contributed by atoms with van der Waals surface area (Å²) < 4.78 is 73.8.